The summed E-state index contributed by atoms with van der Waals surface area (Å²) < 4.78 is 5.79. The lowest BCUT2D eigenvalue weighted by atomic mass is 9.94. The molecule has 0 unspecified atom stereocenters. The average Bonchev–Trinajstić information content (AvgIpc) is 3.27. The maximum Gasteiger partial charge on any atom is 0.226 e. The normalized spacial score (nSPS) is 23.0. The Hall–Kier alpha value is -0.910. The van der Waals surface area contributed by atoms with Crippen LogP contribution in [0.5, 0.6) is 0 Å². The van der Waals surface area contributed by atoms with Crippen LogP contribution in [0.4, 0.5) is 0 Å². The molecule has 2 saturated heterocycles. The third kappa shape index (κ3) is 4.58. The lowest BCUT2D eigenvalue weighted by molar-refractivity contribution is -0.139. The van der Waals surface area contributed by atoms with E-state index in [9.17, 15) is 4.79 Å². The van der Waals surface area contributed by atoms with Gasteiger partial charge in [-0.15, -0.1) is 0 Å². The first-order valence-electron chi connectivity index (χ1n) is 9.29. The Bertz CT molecular complexity index is 503. The molecular formula is C19H30N2O2S. The van der Waals surface area contributed by atoms with Crippen LogP contribution in [0.3, 0.4) is 0 Å². The summed E-state index contributed by atoms with van der Waals surface area (Å²) in [5, 5.41) is 4.24. The number of thiophene rings is 1. The molecule has 3 rings (SSSR count). The number of piperidine rings is 1. The lowest BCUT2D eigenvalue weighted by Gasteiger charge is -2.36. The summed E-state index contributed by atoms with van der Waals surface area (Å²) in [7, 11) is 0. The second-order valence-corrected chi connectivity index (χ2v) is 8.17. The molecule has 134 valence electrons. The van der Waals surface area contributed by atoms with Crippen LogP contribution in [0.2, 0.25) is 0 Å². The van der Waals surface area contributed by atoms with E-state index in [2.05, 4.69) is 40.5 Å². The van der Waals surface area contributed by atoms with Gasteiger partial charge in [-0.25, -0.2) is 0 Å². The summed E-state index contributed by atoms with van der Waals surface area (Å²) in [6.45, 7) is 8.88. The van der Waals surface area contributed by atoms with Crippen LogP contribution in [0.15, 0.2) is 16.8 Å². The highest BCUT2D eigenvalue weighted by Crippen LogP contribution is 2.24. The molecule has 1 atom stereocenters. The van der Waals surface area contributed by atoms with Gasteiger partial charge in [0.25, 0.3) is 0 Å². The maximum atomic E-state index is 13.1. The first kappa shape index (κ1) is 17.9. The third-order valence-electron chi connectivity index (χ3n) is 5.32. The van der Waals surface area contributed by atoms with Crippen molar-refractivity contribution in [3.8, 4) is 0 Å². The molecule has 0 saturated carbocycles. The van der Waals surface area contributed by atoms with Gasteiger partial charge in [0, 0.05) is 31.7 Å². The minimum absolute atomic E-state index is 0.181. The van der Waals surface area contributed by atoms with Gasteiger partial charge in [-0.2, -0.15) is 11.3 Å². The molecule has 0 aliphatic carbocycles. The van der Waals surface area contributed by atoms with E-state index in [0.717, 1.165) is 58.5 Å². The minimum Gasteiger partial charge on any atom is -0.376 e. The molecule has 0 radical (unpaired) electrons. The van der Waals surface area contributed by atoms with Crippen molar-refractivity contribution in [1.82, 2.24) is 9.80 Å². The van der Waals surface area contributed by atoms with Gasteiger partial charge in [-0.1, -0.05) is 0 Å². The number of amides is 1. The lowest BCUT2D eigenvalue weighted by Crippen LogP contribution is -2.46. The fraction of sp³-hybridized carbons (Fsp3) is 0.737. The Kier molecular flexibility index (Phi) is 6.31. The second-order valence-electron chi connectivity index (χ2n) is 7.39. The van der Waals surface area contributed by atoms with Crippen molar-refractivity contribution in [2.45, 2.75) is 58.2 Å². The highest BCUT2D eigenvalue weighted by atomic mass is 32.1. The molecule has 1 aromatic rings. The molecule has 1 aromatic heterocycles. The van der Waals surface area contributed by atoms with Crippen LogP contribution in [0, 0.1) is 5.92 Å². The van der Waals surface area contributed by atoms with E-state index in [-0.39, 0.29) is 12.0 Å². The standard InChI is InChI=1S/C19H30N2O2S/c1-15(2)20-8-5-17(6-9-20)19(22)21(12-16-7-11-24-14-16)13-18-4-3-10-23-18/h7,11,14-15,17-18H,3-6,8-10,12-13H2,1-2H3/t18-/m0/s1. The number of nitrogens with zero attached hydrogens (tertiary/aromatic N) is 2. The zero-order valence-corrected chi connectivity index (χ0v) is 15.8. The van der Waals surface area contributed by atoms with E-state index in [1.807, 2.05) is 0 Å². The highest BCUT2D eigenvalue weighted by Gasteiger charge is 2.31. The largest absolute Gasteiger partial charge is 0.376 e. The predicted molar refractivity (Wildman–Crippen MR) is 98.1 cm³/mol. The van der Waals surface area contributed by atoms with E-state index < -0.39 is 0 Å². The van der Waals surface area contributed by atoms with Gasteiger partial charge in [0.2, 0.25) is 5.91 Å². The number of hydrogen-bond donors (Lipinski definition) is 0. The second kappa shape index (κ2) is 8.45. The van der Waals surface area contributed by atoms with E-state index in [0.29, 0.717) is 11.9 Å². The number of ether oxygens (including phenoxy) is 1. The molecule has 0 bridgehead atoms. The monoisotopic (exact) mass is 350 g/mol. The van der Waals surface area contributed by atoms with E-state index in [4.69, 9.17) is 4.74 Å². The van der Waals surface area contributed by atoms with Gasteiger partial charge in [0.1, 0.15) is 0 Å². The SMILES string of the molecule is CC(C)N1CCC(C(=O)N(Cc2ccsc2)C[C@@H]2CCCO2)CC1. The van der Waals surface area contributed by atoms with E-state index >= 15 is 0 Å². The zero-order valence-electron chi connectivity index (χ0n) is 14.9. The van der Waals surface area contributed by atoms with Crippen molar-refractivity contribution in [3.05, 3.63) is 22.4 Å². The minimum atomic E-state index is 0.181. The van der Waals surface area contributed by atoms with Crippen LogP contribution >= 0.6 is 11.3 Å². The smallest absolute Gasteiger partial charge is 0.226 e. The van der Waals surface area contributed by atoms with Crippen molar-refractivity contribution in [2.24, 2.45) is 5.92 Å². The van der Waals surface area contributed by atoms with Crippen LogP contribution in [0.25, 0.3) is 0 Å². The maximum absolute atomic E-state index is 13.1. The Morgan fingerprint density at radius 3 is 2.75 bits per heavy atom. The van der Waals surface area contributed by atoms with Crippen LogP contribution in [-0.4, -0.2) is 54.1 Å². The first-order valence-corrected chi connectivity index (χ1v) is 10.2. The average molecular weight is 351 g/mol. The number of hydrogen-bond acceptors (Lipinski definition) is 4. The number of likely N-dealkylation sites (tertiary alicyclic amines) is 1. The van der Waals surface area contributed by atoms with Crippen molar-refractivity contribution >= 4 is 17.2 Å². The predicted octanol–water partition coefficient (Wildman–Crippen LogP) is 3.38. The van der Waals surface area contributed by atoms with Crippen LogP contribution in [0.1, 0.15) is 45.1 Å². The first-order chi connectivity index (χ1) is 11.6. The van der Waals surface area contributed by atoms with Gasteiger partial charge in [-0.05, 0) is 75.0 Å². The Morgan fingerprint density at radius 1 is 1.38 bits per heavy atom. The Morgan fingerprint density at radius 2 is 2.17 bits per heavy atom. The topological polar surface area (TPSA) is 32.8 Å². The quantitative estimate of drug-likeness (QED) is 0.788. The molecule has 3 heterocycles. The summed E-state index contributed by atoms with van der Waals surface area (Å²) in [5.74, 6) is 0.514. The fourth-order valence-corrected chi connectivity index (χ4v) is 4.45. The van der Waals surface area contributed by atoms with Crippen molar-refractivity contribution in [3.63, 3.8) is 0 Å². The van der Waals surface area contributed by atoms with Crippen LogP contribution in [-0.2, 0) is 16.1 Å². The van der Waals surface area contributed by atoms with Gasteiger partial charge >= 0.3 is 0 Å². The number of rotatable bonds is 6. The van der Waals surface area contributed by atoms with E-state index in [1.54, 1.807) is 11.3 Å². The number of carbonyl (C=O) groups is 1. The van der Waals surface area contributed by atoms with Gasteiger partial charge in [0.05, 0.1) is 6.10 Å². The Balaban J connectivity index is 1.61. The molecule has 4 nitrogen and oxygen atoms in total. The van der Waals surface area contributed by atoms with Crippen molar-refractivity contribution < 1.29 is 9.53 Å². The summed E-state index contributed by atoms with van der Waals surface area (Å²) >= 11 is 1.70. The van der Waals surface area contributed by atoms with Gasteiger partial charge < -0.3 is 14.5 Å². The molecule has 1 amide bonds. The van der Waals surface area contributed by atoms with Gasteiger partial charge in [-0.3, -0.25) is 4.79 Å². The molecule has 24 heavy (non-hydrogen) atoms. The molecular weight excluding hydrogens is 320 g/mol. The summed E-state index contributed by atoms with van der Waals surface area (Å²) in [6, 6.07) is 2.71. The highest BCUT2D eigenvalue weighted by molar-refractivity contribution is 7.07. The Labute approximate surface area is 149 Å². The van der Waals surface area contributed by atoms with E-state index in [1.165, 1.54) is 5.56 Å². The summed E-state index contributed by atoms with van der Waals surface area (Å²) in [4.78, 5) is 17.7. The molecule has 2 aliphatic rings. The number of carbonyl (C=O) groups excluding carboxylic acids is 1. The van der Waals surface area contributed by atoms with Crippen LogP contribution < -0.4 is 0 Å². The third-order valence-corrected chi connectivity index (χ3v) is 6.05. The fourth-order valence-electron chi connectivity index (χ4n) is 3.79. The molecule has 0 spiro atoms. The molecule has 5 heteroatoms. The zero-order chi connectivity index (χ0) is 16.9. The molecule has 2 aliphatic heterocycles. The molecule has 0 N–H and O–H groups in total. The molecule has 2 fully saturated rings. The van der Waals surface area contributed by atoms with Gasteiger partial charge in [0.15, 0.2) is 0 Å². The summed E-state index contributed by atoms with van der Waals surface area (Å²) in [5.41, 5.74) is 1.24. The molecule has 0 aromatic carbocycles. The van der Waals surface area contributed by atoms with Crippen molar-refractivity contribution in [2.75, 3.05) is 26.2 Å². The summed E-state index contributed by atoms with van der Waals surface area (Å²) in [6.07, 6.45) is 4.41. The van der Waals surface area contributed by atoms with Crippen molar-refractivity contribution in [1.29, 1.82) is 0 Å².